The van der Waals surface area contributed by atoms with Crippen LogP contribution in [0.15, 0.2) is 18.2 Å². The van der Waals surface area contributed by atoms with Crippen molar-refractivity contribution in [1.29, 1.82) is 0 Å². The fraction of sp³-hybridized carbons (Fsp3) is 0.538. The lowest BCUT2D eigenvalue weighted by molar-refractivity contribution is 0.358. The third-order valence-electron chi connectivity index (χ3n) is 3.13. The van der Waals surface area contributed by atoms with E-state index in [9.17, 15) is 4.39 Å². The van der Waals surface area contributed by atoms with Crippen LogP contribution in [0.4, 0.5) is 4.39 Å². The fourth-order valence-electron chi connectivity index (χ4n) is 2.16. The molecular weight excluding hydrogens is 316 g/mol. The molecule has 1 nitrogen and oxygen atoms in total. The molecule has 0 aliphatic heterocycles. The summed E-state index contributed by atoms with van der Waals surface area (Å²) in [4.78, 5) is 0. The standard InChI is InChI=1S/C13H19FIN/c1-4-9(5-2)13(16-3)11-7-6-10(14)8-12(11)15/h6-9,13,16H,4-5H2,1-3H3. The van der Waals surface area contributed by atoms with Gasteiger partial charge in [-0.1, -0.05) is 32.8 Å². The molecule has 3 heteroatoms. The first-order valence-electron chi connectivity index (χ1n) is 5.76. The maximum atomic E-state index is 13.1. The van der Waals surface area contributed by atoms with Crippen LogP contribution in [0.1, 0.15) is 38.3 Å². The summed E-state index contributed by atoms with van der Waals surface area (Å²) in [6, 6.07) is 5.37. The van der Waals surface area contributed by atoms with E-state index in [-0.39, 0.29) is 5.82 Å². The zero-order chi connectivity index (χ0) is 12.1. The van der Waals surface area contributed by atoms with Crippen molar-refractivity contribution in [3.05, 3.63) is 33.1 Å². The highest BCUT2D eigenvalue weighted by molar-refractivity contribution is 14.1. The van der Waals surface area contributed by atoms with Crippen molar-refractivity contribution in [2.75, 3.05) is 7.05 Å². The molecule has 0 saturated carbocycles. The predicted molar refractivity (Wildman–Crippen MR) is 75.0 cm³/mol. The highest BCUT2D eigenvalue weighted by Gasteiger charge is 2.20. The van der Waals surface area contributed by atoms with Crippen LogP contribution in [0.3, 0.4) is 0 Å². The molecule has 0 bridgehead atoms. The minimum absolute atomic E-state index is 0.160. The summed E-state index contributed by atoms with van der Waals surface area (Å²) in [5.74, 6) is 0.441. The lowest BCUT2D eigenvalue weighted by Crippen LogP contribution is -2.25. The van der Waals surface area contributed by atoms with Crippen LogP contribution in [0.2, 0.25) is 0 Å². The molecule has 0 aromatic heterocycles. The average molecular weight is 335 g/mol. The molecule has 0 aliphatic carbocycles. The van der Waals surface area contributed by atoms with Gasteiger partial charge in [0.15, 0.2) is 0 Å². The minimum atomic E-state index is -0.160. The molecule has 16 heavy (non-hydrogen) atoms. The second-order valence-corrected chi connectivity index (χ2v) is 5.17. The van der Waals surface area contributed by atoms with E-state index >= 15 is 0 Å². The Balaban J connectivity index is 3.03. The number of halogens is 2. The Morgan fingerprint density at radius 2 is 1.94 bits per heavy atom. The molecule has 90 valence electrons. The molecule has 0 heterocycles. The van der Waals surface area contributed by atoms with E-state index in [0.29, 0.717) is 12.0 Å². The molecule has 0 radical (unpaired) electrons. The molecule has 1 rings (SSSR count). The van der Waals surface area contributed by atoms with E-state index in [1.807, 2.05) is 13.1 Å². The summed E-state index contributed by atoms with van der Waals surface area (Å²) >= 11 is 2.21. The van der Waals surface area contributed by atoms with Gasteiger partial charge in [0.05, 0.1) is 0 Å². The van der Waals surface area contributed by atoms with Crippen molar-refractivity contribution in [3.63, 3.8) is 0 Å². The fourth-order valence-corrected chi connectivity index (χ4v) is 2.97. The van der Waals surface area contributed by atoms with E-state index in [4.69, 9.17) is 0 Å². The maximum Gasteiger partial charge on any atom is 0.124 e. The van der Waals surface area contributed by atoms with Crippen molar-refractivity contribution in [3.8, 4) is 0 Å². The van der Waals surface area contributed by atoms with E-state index in [1.165, 1.54) is 5.56 Å². The van der Waals surface area contributed by atoms with E-state index < -0.39 is 0 Å². The van der Waals surface area contributed by atoms with Gasteiger partial charge >= 0.3 is 0 Å². The van der Waals surface area contributed by atoms with Gasteiger partial charge in [0.2, 0.25) is 0 Å². The lowest BCUT2D eigenvalue weighted by atomic mass is 9.89. The first kappa shape index (κ1) is 13.9. The highest BCUT2D eigenvalue weighted by Crippen LogP contribution is 2.30. The Morgan fingerprint density at radius 1 is 1.31 bits per heavy atom. The summed E-state index contributed by atoms with van der Waals surface area (Å²) in [6.45, 7) is 4.41. The monoisotopic (exact) mass is 335 g/mol. The van der Waals surface area contributed by atoms with Gasteiger partial charge in [-0.25, -0.2) is 4.39 Å². The topological polar surface area (TPSA) is 12.0 Å². The molecule has 1 aromatic carbocycles. The molecule has 0 aliphatic rings. The van der Waals surface area contributed by atoms with E-state index in [1.54, 1.807) is 12.1 Å². The summed E-state index contributed by atoms with van der Waals surface area (Å²) in [6.07, 6.45) is 2.27. The Hall–Kier alpha value is -0.160. The van der Waals surface area contributed by atoms with Crippen LogP contribution in [-0.2, 0) is 0 Å². The second kappa shape index (κ2) is 6.55. The Kier molecular flexibility index (Phi) is 5.69. The van der Waals surface area contributed by atoms with Crippen molar-refractivity contribution in [2.45, 2.75) is 32.7 Å². The minimum Gasteiger partial charge on any atom is -0.313 e. The molecule has 1 atom stereocenters. The molecule has 0 spiro atoms. The van der Waals surface area contributed by atoms with E-state index in [2.05, 4.69) is 41.8 Å². The molecular formula is C13H19FIN. The highest BCUT2D eigenvalue weighted by atomic mass is 127. The van der Waals surface area contributed by atoms with E-state index in [0.717, 1.165) is 16.4 Å². The zero-order valence-electron chi connectivity index (χ0n) is 10.1. The van der Waals surface area contributed by atoms with Gasteiger partial charge in [0.1, 0.15) is 5.82 Å². The predicted octanol–water partition coefficient (Wildman–Crippen LogP) is 4.13. The van der Waals surface area contributed by atoms with Gasteiger partial charge in [-0.15, -0.1) is 0 Å². The van der Waals surface area contributed by atoms with Gasteiger partial charge in [-0.3, -0.25) is 0 Å². The van der Waals surface area contributed by atoms with Crippen molar-refractivity contribution in [2.24, 2.45) is 5.92 Å². The van der Waals surface area contributed by atoms with Crippen LogP contribution in [-0.4, -0.2) is 7.05 Å². The normalized spacial score (nSPS) is 13.1. The molecule has 0 saturated heterocycles. The van der Waals surface area contributed by atoms with Crippen molar-refractivity contribution < 1.29 is 4.39 Å². The molecule has 0 amide bonds. The number of benzene rings is 1. The van der Waals surface area contributed by atoms with Crippen LogP contribution in [0.5, 0.6) is 0 Å². The number of nitrogens with one attached hydrogen (secondary N) is 1. The van der Waals surface area contributed by atoms with Crippen LogP contribution >= 0.6 is 22.6 Å². The second-order valence-electron chi connectivity index (χ2n) is 4.01. The van der Waals surface area contributed by atoms with Crippen LogP contribution in [0, 0.1) is 15.3 Å². The lowest BCUT2D eigenvalue weighted by Gasteiger charge is -2.26. The summed E-state index contributed by atoms with van der Waals surface area (Å²) in [5.41, 5.74) is 1.21. The Bertz CT molecular complexity index is 337. The molecule has 1 aromatic rings. The number of hydrogen-bond acceptors (Lipinski definition) is 1. The number of hydrogen-bond donors (Lipinski definition) is 1. The molecule has 1 unspecified atom stereocenters. The molecule has 1 N–H and O–H groups in total. The maximum absolute atomic E-state index is 13.1. The Labute approximate surface area is 111 Å². The largest absolute Gasteiger partial charge is 0.313 e. The quantitative estimate of drug-likeness (QED) is 0.798. The first-order valence-corrected chi connectivity index (χ1v) is 6.84. The smallest absolute Gasteiger partial charge is 0.124 e. The SMILES string of the molecule is CCC(CC)C(NC)c1ccc(F)cc1I. The zero-order valence-corrected chi connectivity index (χ0v) is 12.2. The third-order valence-corrected chi connectivity index (χ3v) is 4.06. The molecule has 0 fully saturated rings. The summed E-state index contributed by atoms with van der Waals surface area (Å²) < 4.78 is 14.1. The van der Waals surface area contributed by atoms with Crippen LogP contribution in [0.25, 0.3) is 0 Å². The first-order chi connectivity index (χ1) is 7.63. The van der Waals surface area contributed by atoms with Crippen LogP contribution < -0.4 is 5.32 Å². The van der Waals surface area contributed by atoms with Crippen molar-refractivity contribution >= 4 is 22.6 Å². The Morgan fingerprint density at radius 3 is 2.38 bits per heavy atom. The number of rotatable bonds is 5. The summed E-state index contributed by atoms with van der Waals surface area (Å²) in [7, 11) is 1.97. The van der Waals surface area contributed by atoms with Gasteiger partial charge in [0, 0.05) is 9.61 Å². The van der Waals surface area contributed by atoms with Crippen molar-refractivity contribution in [1.82, 2.24) is 5.32 Å². The van der Waals surface area contributed by atoms with Gasteiger partial charge in [-0.05, 0) is 53.3 Å². The van der Waals surface area contributed by atoms with Gasteiger partial charge < -0.3 is 5.32 Å². The third kappa shape index (κ3) is 3.17. The van der Waals surface area contributed by atoms with Gasteiger partial charge in [0.25, 0.3) is 0 Å². The average Bonchev–Trinajstić information content (AvgIpc) is 2.27. The van der Waals surface area contributed by atoms with Gasteiger partial charge in [-0.2, -0.15) is 0 Å². The summed E-state index contributed by atoms with van der Waals surface area (Å²) in [5, 5.41) is 3.35.